The summed E-state index contributed by atoms with van der Waals surface area (Å²) in [6.45, 7) is 5.04. The van der Waals surface area contributed by atoms with Gasteiger partial charge in [-0.3, -0.25) is 4.79 Å². The highest BCUT2D eigenvalue weighted by Crippen LogP contribution is 2.39. The monoisotopic (exact) mass is 586 g/mol. The van der Waals surface area contributed by atoms with Gasteiger partial charge in [0.15, 0.2) is 17.3 Å². The molecular weight excluding hydrogens is 558 g/mol. The van der Waals surface area contributed by atoms with Gasteiger partial charge in [-0.1, -0.05) is 6.07 Å². The molecule has 0 aliphatic heterocycles. The Bertz CT molecular complexity index is 1710. The number of sulfonamides is 1. The van der Waals surface area contributed by atoms with E-state index in [1.807, 2.05) is 0 Å². The topological polar surface area (TPSA) is 117 Å². The number of thiazole rings is 1. The van der Waals surface area contributed by atoms with Gasteiger partial charge in [-0.25, -0.2) is 32.0 Å². The number of primary sulfonamides is 1. The van der Waals surface area contributed by atoms with Gasteiger partial charge in [0.1, 0.15) is 16.4 Å². The van der Waals surface area contributed by atoms with Crippen molar-refractivity contribution >= 4 is 27.1 Å². The van der Waals surface area contributed by atoms with Crippen molar-refractivity contribution in [2.24, 2.45) is 11.1 Å². The van der Waals surface area contributed by atoms with Crippen molar-refractivity contribution in [3.05, 3.63) is 75.9 Å². The van der Waals surface area contributed by atoms with Gasteiger partial charge < -0.3 is 4.74 Å². The number of ether oxygens (including phenoxy) is 1. The van der Waals surface area contributed by atoms with Gasteiger partial charge in [0.25, 0.3) is 0 Å². The minimum Gasteiger partial charge on any atom is -0.488 e. The average Bonchev–Trinajstić information content (AvgIpc) is 3.42. The molecular formula is C28H28F2N4O4S2. The van der Waals surface area contributed by atoms with Crippen molar-refractivity contribution < 1.29 is 26.7 Å². The molecule has 4 aromatic rings. The number of carbonyl (C=O) groups excluding carboxylic acids is 1. The smallest absolute Gasteiger partial charge is 0.240 e. The second-order valence-electron chi connectivity index (χ2n) is 10.2. The molecule has 0 amide bonds. The van der Waals surface area contributed by atoms with E-state index in [-0.39, 0.29) is 24.1 Å². The number of Topliss-reactive ketones (excluding diaryl/α,β-unsaturated/α-hetero) is 1. The van der Waals surface area contributed by atoms with Crippen molar-refractivity contribution in [3.8, 4) is 22.1 Å². The Morgan fingerprint density at radius 1 is 1.18 bits per heavy atom. The normalized spacial score (nSPS) is 13.7. The zero-order valence-electron chi connectivity index (χ0n) is 22.1. The second kappa shape index (κ2) is 10.8. The van der Waals surface area contributed by atoms with Gasteiger partial charge >= 0.3 is 0 Å². The van der Waals surface area contributed by atoms with E-state index >= 15 is 0 Å². The highest BCUT2D eigenvalue weighted by atomic mass is 32.2. The number of ketones is 1. The van der Waals surface area contributed by atoms with Gasteiger partial charge in [-0.05, 0) is 74.9 Å². The molecule has 0 bridgehead atoms. The van der Waals surface area contributed by atoms with Crippen LogP contribution in [0.3, 0.4) is 0 Å². The zero-order valence-corrected chi connectivity index (χ0v) is 23.8. The number of nitrogens with two attached hydrogens (primary N) is 1. The molecule has 40 heavy (non-hydrogen) atoms. The van der Waals surface area contributed by atoms with Crippen molar-refractivity contribution in [3.63, 3.8) is 0 Å². The summed E-state index contributed by atoms with van der Waals surface area (Å²) in [4.78, 5) is 15.9. The lowest BCUT2D eigenvalue weighted by Gasteiger charge is -2.12. The summed E-state index contributed by atoms with van der Waals surface area (Å²) < 4.78 is 60.2. The molecule has 0 radical (unpaired) electrons. The molecule has 1 fully saturated rings. The zero-order chi connectivity index (χ0) is 28.8. The SMILES string of the molecule is CC(=O)c1csc(-n2nc(-c3ccc(F)c(OC(C)C)c3)c(Cc3ccc(S(N)(=O)=O)c(F)c3)c2CC2CC2)n1. The molecule has 0 atom stereocenters. The standard InChI is InChI=1S/C28H28F2N4O4S2/c1-15(2)38-25-13-19(7-8-21(25)29)27-20(10-18-6-9-26(22(30)11-18)40(31,36)37)24(12-17-4-5-17)34(33-27)28-32-23(14-39-28)16(3)35/h6-9,11,13-15,17H,4-5,10,12H2,1-3H3,(H2,31,36,37). The molecule has 2 N–H and O–H groups in total. The Labute approximate surface area is 234 Å². The maximum absolute atomic E-state index is 14.8. The highest BCUT2D eigenvalue weighted by molar-refractivity contribution is 7.89. The van der Waals surface area contributed by atoms with Gasteiger partial charge in [-0.15, -0.1) is 11.3 Å². The lowest BCUT2D eigenvalue weighted by molar-refractivity contribution is 0.101. The lowest BCUT2D eigenvalue weighted by atomic mass is 9.96. The quantitative estimate of drug-likeness (QED) is 0.247. The maximum atomic E-state index is 14.8. The van der Waals surface area contributed by atoms with E-state index in [1.54, 1.807) is 36.0 Å². The van der Waals surface area contributed by atoms with Crippen LogP contribution in [-0.4, -0.2) is 35.1 Å². The third-order valence-corrected chi connectivity index (χ3v) is 8.31. The minimum atomic E-state index is -4.22. The van der Waals surface area contributed by atoms with Crippen LogP contribution in [0.15, 0.2) is 46.7 Å². The van der Waals surface area contributed by atoms with Crippen LogP contribution < -0.4 is 9.88 Å². The summed E-state index contributed by atoms with van der Waals surface area (Å²) in [6, 6.07) is 8.31. The van der Waals surface area contributed by atoms with Gasteiger partial charge in [-0.2, -0.15) is 5.10 Å². The fourth-order valence-electron chi connectivity index (χ4n) is 4.47. The molecule has 12 heteroatoms. The molecule has 0 saturated heterocycles. The molecule has 1 aliphatic carbocycles. The number of halogens is 2. The van der Waals surface area contributed by atoms with E-state index in [0.717, 1.165) is 36.2 Å². The Morgan fingerprint density at radius 2 is 1.93 bits per heavy atom. The molecule has 2 heterocycles. The van der Waals surface area contributed by atoms with Gasteiger partial charge in [0, 0.05) is 29.9 Å². The van der Waals surface area contributed by atoms with Crippen LogP contribution in [-0.2, 0) is 22.9 Å². The van der Waals surface area contributed by atoms with Crippen molar-refractivity contribution in [1.82, 2.24) is 14.8 Å². The summed E-state index contributed by atoms with van der Waals surface area (Å²) in [6.07, 6.45) is 2.73. The first kappa shape index (κ1) is 28.1. The first-order valence-electron chi connectivity index (χ1n) is 12.8. The minimum absolute atomic E-state index is 0.0772. The highest BCUT2D eigenvalue weighted by Gasteiger charge is 2.30. The first-order valence-corrected chi connectivity index (χ1v) is 15.2. The molecule has 2 aromatic heterocycles. The molecule has 210 valence electrons. The first-order chi connectivity index (χ1) is 18.9. The molecule has 0 unspecified atom stereocenters. The predicted molar refractivity (Wildman–Crippen MR) is 147 cm³/mol. The average molecular weight is 587 g/mol. The van der Waals surface area contributed by atoms with Crippen LogP contribution in [0.2, 0.25) is 0 Å². The number of rotatable bonds is 10. The van der Waals surface area contributed by atoms with Crippen molar-refractivity contribution in [2.75, 3.05) is 0 Å². The van der Waals surface area contributed by atoms with E-state index in [0.29, 0.717) is 40.0 Å². The third-order valence-electron chi connectivity index (χ3n) is 6.55. The Kier molecular flexibility index (Phi) is 7.60. The number of aromatic nitrogens is 3. The van der Waals surface area contributed by atoms with Crippen LogP contribution in [0.1, 0.15) is 60.9 Å². The molecule has 8 nitrogen and oxygen atoms in total. The number of carbonyl (C=O) groups is 1. The van der Waals surface area contributed by atoms with E-state index in [2.05, 4.69) is 4.98 Å². The summed E-state index contributed by atoms with van der Waals surface area (Å²) >= 11 is 1.28. The van der Waals surface area contributed by atoms with Crippen LogP contribution in [0.4, 0.5) is 8.78 Å². The fourth-order valence-corrected chi connectivity index (χ4v) is 5.90. The van der Waals surface area contributed by atoms with Crippen LogP contribution in [0, 0.1) is 17.6 Å². The van der Waals surface area contributed by atoms with E-state index in [1.165, 1.54) is 30.4 Å². The summed E-state index contributed by atoms with van der Waals surface area (Å²) in [5.41, 5.74) is 3.55. The second-order valence-corrected chi connectivity index (χ2v) is 12.6. The maximum Gasteiger partial charge on any atom is 0.240 e. The molecule has 0 spiro atoms. The van der Waals surface area contributed by atoms with Crippen LogP contribution in [0.5, 0.6) is 5.75 Å². The van der Waals surface area contributed by atoms with Crippen molar-refractivity contribution in [1.29, 1.82) is 0 Å². The Balaban J connectivity index is 1.69. The third kappa shape index (κ3) is 5.98. The molecule has 5 rings (SSSR count). The van der Waals surface area contributed by atoms with Gasteiger partial charge in [0.05, 0.1) is 17.5 Å². The predicted octanol–water partition coefficient (Wildman–Crippen LogP) is 5.45. The summed E-state index contributed by atoms with van der Waals surface area (Å²) in [7, 11) is -4.22. The largest absolute Gasteiger partial charge is 0.488 e. The number of benzene rings is 2. The van der Waals surface area contributed by atoms with Crippen LogP contribution >= 0.6 is 11.3 Å². The number of nitrogens with zero attached hydrogens (tertiary/aromatic N) is 3. The van der Waals surface area contributed by atoms with E-state index < -0.39 is 26.6 Å². The van der Waals surface area contributed by atoms with Gasteiger partial charge in [0.2, 0.25) is 15.2 Å². The molecule has 1 saturated carbocycles. The number of hydrogen-bond donors (Lipinski definition) is 1. The van der Waals surface area contributed by atoms with Crippen LogP contribution in [0.25, 0.3) is 16.4 Å². The van der Waals surface area contributed by atoms with E-state index in [4.69, 9.17) is 15.0 Å². The fraction of sp³-hybridized carbons (Fsp3) is 0.321. The number of hydrogen-bond acceptors (Lipinski definition) is 7. The lowest BCUT2D eigenvalue weighted by Crippen LogP contribution is -2.14. The molecule has 2 aromatic carbocycles. The Morgan fingerprint density at radius 3 is 2.52 bits per heavy atom. The van der Waals surface area contributed by atoms with E-state index in [9.17, 15) is 22.0 Å². The summed E-state index contributed by atoms with van der Waals surface area (Å²) in [5.74, 6) is -1.11. The Hall–Kier alpha value is -3.48. The summed E-state index contributed by atoms with van der Waals surface area (Å²) in [5, 5.41) is 12.2. The van der Waals surface area contributed by atoms with Crippen molar-refractivity contribution in [2.45, 2.75) is 57.5 Å². The molecule has 1 aliphatic rings.